The van der Waals surface area contributed by atoms with Crippen molar-refractivity contribution < 1.29 is 9.53 Å². The number of rotatable bonds is 7. The Morgan fingerprint density at radius 1 is 1.62 bits per heavy atom. The average Bonchev–Trinajstić information content (AvgIpc) is 2.77. The lowest BCUT2D eigenvalue weighted by atomic mass is 10.1. The highest BCUT2D eigenvalue weighted by atomic mass is 79.9. The summed E-state index contributed by atoms with van der Waals surface area (Å²) in [7, 11) is 0. The monoisotopic (exact) mass is 291 g/mol. The molecular formula is C12H22BrNO2. The minimum atomic E-state index is 0.164. The number of halogens is 1. The van der Waals surface area contributed by atoms with Gasteiger partial charge in [0.15, 0.2) is 0 Å². The highest BCUT2D eigenvalue weighted by Gasteiger charge is 2.16. The van der Waals surface area contributed by atoms with Gasteiger partial charge in [-0.25, -0.2) is 0 Å². The van der Waals surface area contributed by atoms with Gasteiger partial charge in [0.05, 0.1) is 6.10 Å². The van der Waals surface area contributed by atoms with Gasteiger partial charge in [-0.2, -0.15) is 0 Å². The van der Waals surface area contributed by atoms with Crippen molar-refractivity contribution in [2.45, 2.75) is 45.1 Å². The maximum Gasteiger partial charge on any atom is 0.220 e. The predicted octanol–water partition coefficient (Wildman–Crippen LogP) is 2.48. The largest absolute Gasteiger partial charge is 0.378 e. The van der Waals surface area contributed by atoms with E-state index in [1.54, 1.807) is 0 Å². The molecule has 3 nitrogen and oxygen atoms in total. The molecule has 94 valence electrons. The second-order valence-corrected chi connectivity index (χ2v) is 5.35. The third-order valence-corrected chi connectivity index (χ3v) is 3.42. The minimum Gasteiger partial charge on any atom is -0.378 e. The van der Waals surface area contributed by atoms with Gasteiger partial charge in [0.2, 0.25) is 5.91 Å². The van der Waals surface area contributed by atoms with Gasteiger partial charge in [-0.1, -0.05) is 22.9 Å². The molecule has 4 heteroatoms. The molecule has 0 saturated carbocycles. The Balaban J connectivity index is 2.01. The average molecular weight is 292 g/mol. The summed E-state index contributed by atoms with van der Waals surface area (Å²) in [5, 5.41) is 3.98. The highest BCUT2D eigenvalue weighted by Crippen LogP contribution is 2.16. The van der Waals surface area contributed by atoms with E-state index in [0.717, 1.165) is 44.2 Å². The molecule has 1 saturated heterocycles. The fourth-order valence-corrected chi connectivity index (χ4v) is 2.61. The van der Waals surface area contributed by atoms with Crippen LogP contribution in [-0.4, -0.2) is 30.5 Å². The number of carbonyl (C=O) groups excluding carboxylic acids is 1. The van der Waals surface area contributed by atoms with Crippen LogP contribution in [0.15, 0.2) is 0 Å². The van der Waals surface area contributed by atoms with E-state index in [1.165, 1.54) is 0 Å². The van der Waals surface area contributed by atoms with Crippen molar-refractivity contribution in [3.05, 3.63) is 0 Å². The fraction of sp³-hybridized carbons (Fsp3) is 0.917. The van der Waals surface area contributed by atoms with Crippen molar-refractivity contribution in [2.24, 2.45) is 5.92 Å². The van der Waals surface area contributed by atoms with E-state index >= 15 is 0 Å². The van der Waals surface area contributed by atoms with Gasteiger partial charge >= 0.3 is 0 Å². The molecule has 1 amide bonds. The molecule has 0 aliphatic carbocycles. The maximum atomic E-state index is 11.5. The first-order valence-electron chi connectivity index (χ1n) is 6.16. The van der Waals surface area contributed by atoms with Crippen molar-refractivity contribution >= 4 is 21.8 Å². The molecule has 0 spiro atoms. The van der Waals surface area contributed by atoms with Gasteiger partial charge in [-0.15, -0.1) is 0 Å². The first-order chi connectivity index (χ1) is 7.72. The maximum absolute atomic E-state index is 11.5. The first kappa shape index (κ1) is 14.0. The Kier molecular flexibility index (Phi) is 7.05. The summed E-state index contributed by atoms with van der Waals surface area (Å²) in [6.45, 7) is 3.81. The molecule has 2 unspecified atom stereocenters. The zero-order valence-corrected chi connectivity index (χ0v) is 11.6. The van der Waals surface area contributed by atoms with Crippen molar-refractivity contribution in [1.29, 1.82) is 0 Å². The zero-order valence-electron chi connectivity index (χ0n) is 10.0. The molecule has 1 aliphatic rings. The number of ether oxygens (including phenoxy) is 1. The Morgan fingerprint density at radius 3 is 3.06 bits per heavy atom. The van der Waals surface area contributed by atoms with Crippen LogP contribution in [0.25, 0.3) is 0 Å². The molecule has 1 heterocycles. The summed E-state index contributed by atoms with van der Waals surface area (Å²) in [6.07, 6.45) is 5.17. The van der Waals surface area contributed by atoms with E-state index in [9.17, 15) is 4.79 Å². The van der Waals surface area contributed by atoms with Crippen LogP contribution < -0.4 is 5.32 Å². The molecule has 0 radical (unpaired) electrons. The van der Waals surface area contributed by atoms with Gasteiger partial charge in [0.25, 0.3) is 0 Å². The van der Waals surface area contributed by atoms with Crippen LogP contribution in [0.5, 0.6) is 0 Å². The molecule has 1 fully saturated rings. The lowest BCUT2D eigenvalue weighted by Gasteiger charge is -2.12. The number of amides is 1. The van der Waals surface area contributed by atoms with Gasteiger partial charge in [-0.3, -0.25) is 4.79 Å². The van der Waals surface area contributed by atoms with Crippen molar-refractivity contribution in [3.8, 4) is 0 Å². The Bertz CT molecular complexity index is 205. The predicted molar refractivity (Wildman–Crippen MR) is 68.8 cm³/mol. The minimum absolute atomic E-state index is 0.164. The Hall–Kier alpha value is -0.0900. The van der Waals surface area contributed by atoms with E-state index in [1.807, 2.05) is 0 Å². The zero-order chi connectivity index (χ0) is 11.8. The molecule has 1 aliphatic heterocycles. The number of alkyl halides is 1. The smallest absolute Gasteiger partial charge is 0.220 e. The Labute approximate surface area is 106 Å². The normalized spacial score (nSPS) is 22.0. The summed E-state index contributed by atoms with van der Waals surface area (Å²) in [6, 6.07) is 0. The van der Waals surface area contributed by atoms with Crippen LogP contribution in [-0.2, 0) is 9.53 Å². The lowest BCUT2D eigenvalue weighted by Crippen LogP contribution is -2.29. The van der Waals surface area contributed by atoms with E-state index in [4.69, 9.17) is 4.74 Å². The summed E-state index contributed by atoms with van der Waals surface area (Å²) >= 11 is 3.40. The molecule has 0 aromatic rings. The Morgan fingerprint density at radius 2 is 2.44 bits per heavy atom. The molecule has 1 N–H and O–H groups in total. The second-order valence-electron chi connectivity index (χ2n) is 4.56. The van der Waals surface area contributed by atoms with Gasteiger partial charge in [0, 0.05) is 24.9 Å². The standard InChI is InChI=1S/C12H22BrNO2/c1-10(6-7-13)9-14-12(15)5-4-11-3-2-8-16-11/h10-11H,2-9H2,1H3,(H,14,15). The van der Waals surface area contributed by atoms with Crippen LogP contribution in [0.2, 0.25) is 0 Å². The van der Waals surface area contributed by atoms with Gasteiger partial charge in [-0.05, 0) is 31.6 Å². The van der Waals surface area contributed by atoms with Crippen LogP contribution in [0.3, 0.4) is 0 Å². The van der Waals surface area contributed by atoms with Crippen LogP contribution in [0, 0.1) is 5.92 Å². The number of carbonyl (C=O) groups is 1. The summed E-state index contributed by atoms with van der Waals surface area (Å²) < 4.78 is 5.48. The topological polar surface area (TPSA) is 38.3 Å². The molecule has 0 aromatic heterocycles. The lowest BCUT2D eigenvalue weighted by molar-refractivity contribution is -0.121. The van der Waals surface area contributed by atoms with Crippen molar-refractivity contribution in [1.82, 2.24) is 5.32 Å². The number of hydrogen-bond acceptors (Lipinski definition) is 2. The van der Waals surface area contributed by atoms with Gasteiger partial charge < -0.3 is 10.1 Å². The van der Waals surface area contributed by atoms with E-state index in [2.05, 4.69) is 28.2 Å². The third kappa shape index (κ3) is 5.85. The van der Waals surface area contributed by atoms with Crippen LogP contribution in [0.1, 0.15) is 39.0 Å². The van der Waals surface area contributed by atoms with E-state index < -0.39 is 0 Å². The summed E-state index contributed by atoms with van der Waals surface area (Å²) in [4.78, 5) is 11.5. The SMILES string of the molecule is CC(CCBr)CNC(=O)CCC1CCCO1. The number of hydrogen-bond donors (Lipinski definition) is 1. The first-order valence-corrected chi connectivity index (χ1v) is 7.28. The third-order valence-electron chi connectivity index (χ3n) is 2.97. The van der Waals surface area contributed by atoms with E-state index in [0.29, 0.717) is 18.4 Å². The summed E-state index contributed by atoms with van der Waals surface area (Å²) in [5.41, 5.74) is 0. The second kappa shape index (κ2) is 8.07. The molecule has 16 heavy (non-hydrogen) atoms. The number of nitrogens with one attached hydrogen (secondary N) is 1. The van der Waals surface area contributed by atoms with Gasteiger partial charge in [0.1, 0.15) is 0 Å². The van der Waals surface area contributed by atoms with E-state index in [-0.39, 0.29) is 5.91 Å². The van der Waals surface area contributed by atoms with Crippen molar-refractivity contribution in [3.63, 3.8) is 0 Å². The summed E-state index contributed by atoms with van der Waals surface area (Å²) in [5.74, 6) is 0.711. The van der Waals surface area contributed by atoms with Crippen molar-refractivity contribution in [2.75, 3.05) is 18.5 Å². The molecule has 1 rings (SSSR count). The quantitative estimate of drug-likeness (QED) is 0.732. The molecular weight excluding hydrogens is 270 g/mol. The molecule has 0 aromatic carbocycles. The van der Waals surface area contributed by atoms with Crippen LogP contribution in [0.4, 0.5) is 0 Å². The molecule has 2 atom stereocenters. The van der Waals surface area contributed by atoms with Crippen LogP contribution >= 0.6 is 15.9 Å². The highest BCUT2D eigenvalue weighted by molar-refractivity contribution is 9.09. The fourth-order valence-electron chi connectivity index (χ4n) is 1.83. The molecule has 0 bridgehead atoms.